The molecule has 1 aromatic heterocycles. The topological polar surface area (TPSA) is 67.5 Å². The Balaban J connectivity index is 1.84. The predicted octanol–water partition coefficient (Wildman–Crippen LogP) is 1.90. The van der Waals surface area contributed by atoms with E-state index in [4.69, 9.17) is 14.7 Å². The van der Waals surface area contributed by atoms with Crippen molar-refractivity contribution in [1.29, 1.82) is 0 Å². The summed E-state index contributed by atoms with van der Waals surface area (Å²) < 4.78 is 19.6. The fourth-order valence-corrected chi connectivity index (χ4v) is 2.37. The number of hydrogen-bond acceptors (Lipinski definition) is 4. The molecular formula is C15H14BFN2O3. The second kappa shape index (κ2) is 6.17. The summed E-state index contributed by atoms with van der Waals surface area (Å²) >= 11 is 0. The maximum atomic E-state index is 12.9. The third-order valence-electron chi connectivity index (χ3n) is 3.40. The molecule has 0 bridgehead atoms. The Morgan fingerprint density at radius 3 is 2.59 bits per heavy atom. The largest absolute Gasteiger partial charge is 0.707 e. The summed E-state index contributed by atoms with van der Waals surface area (Å²) in [6, 6.07) is 12.4. The first-order valence-corrected chi connectivity index (χ1v) is 6.78. The van der Waals surface area contributed by atoms with Crippen LogP contribution in [0.15, 0.2) is 48.8 Å². The van der Waals surface area contributed by atoms with Gasteiger partial charge in [0.2, 0.25) is 0 Å². The van der Waals surface area contributed by atoms with Crippen molar-refractivity contribution >= 4 is 18.4 Å². The first kappa shape index (κ1) is 14.6. The number of imidazole rings is 1. The van der Waals surface area contributed by atoms with Crippen molar-refractivity contribution in [2.45, 2.75) is 13.2 Å². The molecule has 2 N–H and O–H groups in total. The number of benzene rings is 2. The maximum absolute atomic E-state index is 12.9. The van der Waals surface area contributed by atoms with E-state index in [1.54, 1.807) is 24.5 Å². The standard InChI is InChI=1S/C15H14BFN2O3/c17-8-12-2-1-3-14-15(12)18-10-19(14)9-11-4-6-13(7-5-11)22-16(20)21/h1-7,10,20-21H,8-9H2. The smallest absolute Gasteiger partial charge is 0.512 e. The predicted molar refractivity (Wildman–Crippen MR) is 80.9 cm³/mol. The first-order chi connectivity index (χ1) is 10.7. The van der Waals surface area contributed by atoms with Crippen molar-refractivity contribution in [2.75, 3.05) is 0 Å². The average molecular weight is 300 g/mol. The number of alkyl halides is 1. The number of rotatable bonds is 5. The summed E-state index contributed by atoms with van der Waals surface area (Å²) in [5, 5.41) is 17.5. The second-order valence-electron chi connectivity index (χ2n) is 4.88. The number of halogens is 1. The quantitative estimate of drug-likeness (QED) is 0.706. The van der Waals surface area contributed by atoms with Gasteiger partial charge in [0.05, 0.1) is 17.4 Å². The van der Waals surface area contributed by atoms with Gasteiger partial charge in [-0.05, 0) is 23.8 Å². The molecule has 3 rings (SSSR count). The minimum atomic E-state index is -1.83. The zero-order valence-electron chi connectivity index (χ0n) is 11.7. The molecule has 0 spiro atoms. The molecule has 0 aliphatic heterocycles. The third kappa shape index (κ3) is 2.95. The van der Waals surface area contributed by atoms with Crippen LogP contribution in [0.1, 0.15) is 11.1 Å². The van der Waals surface area contributed by atoms with Gasteiger partial charge in [0.15, 0.2) is 0 Å². The van der Waals surface area contributed by atoms with E-state index in [1.807, 2.05) is 28.8 Å². The van der Waals surface area contributed by atoms with Crippen molar-refractivity contribution < 1.29 is 19.1 Å². The van der Waals surface area contributed by atoms with E-state index in [-0.39, 0.29) is 0 Å². The van der Waals surface area contributed by atoms with E-state index >= 15 is 0 Å². The summed E-state index contributed by atoms with van der Waals surface area (Å²) in [5.41, 5.74) is 3.12. The highest BCUT2D eigenvalue weighted by molar-refractivity contribution is 6.33. The number of nitrogens with zero attached hydrogens (tertiary/aromatic N) is 2. The molecule has 0 aliphatic rings. The Bertz CT molecular complexity index is 774. The van der Waals surface area contributed by atoms with Crippen LogP contribution in [0.2, 0.25) is 0 Å². The minimum Gasteiger partial charge on any atom is -0.512 e. The van der Waals surface area contributed by atoms with Crippen molar-refractivity contribution in [3.63, 3.8) is 0 Å². The average Bonchev–Trinajstić information content (AvgIpc) is 2.92. The Morgan fingerprint density at radius 2 is 1.91 bits per heavy atom. The van der Waals surface area contributed by atoms with Gasteiger partial charge in [-0.25, -0.2) is 9.37 Å². The Morgan fingerprint density at radius 1 is 1.14 bits per heavy atom. The van der Waals surface area contributed by atoms with E-state index in [2.05, 4.69) is 4.98 Å². The van der Waals surface area contributed by atoms with E-state index in [1.165, 1.54) is 0 Å². The van der Waals surface area contributed by atoms with Gasteiger partial charge in [0.1, 0.15) is 12.4 Å². The van der Waals surface area contributed by atoms with Gasteiger partial charge < -0.3 is 19.3 Å². The molecule has 7 heteroatoms. The van der Waals surface area contributed by atoms with Gasteiger partial charge in [0, 0.05) is 12.1 Å². The lowest BCUT2D eigenvalue weighted by Gasteiger charge is -2.08. The number of para-hydroxylation sites is 1. The number of hydrogen-bond donors (Lipinski definition) is 2. The molecule has 0 saturated heterocycles. The van der Waals surface area contributed by atoms with Crippen LogP contribution in [0.3, 0.4) is 0 Å². The molecule has 0 aliphatic carbocycles. The molecule has 22 heavy (non-hydrogen) atoms. The monoisotopic (exact) mass is 300 g/mol. The van der Waals surface area contributed by atoms with Gasteiger partial charge in [-0.15, -0.1) is 0 Å². The van der Waals surface area contributed by atoms with Crippen molar-refractivity contribution in [3.8, 4) is 5.75 Å². The van der Waals surface area contributed by atoms with Gasteiger partial charge in [0.25, 0.3) is 0 Å². The third-order valence-corrected chi connectivity index (χ3v) is 3.40. The Labute approximate surface area is 126 Å². The van der Waals surface area contributed by atoms with Crippen LogP contribution in [0, 0.1) is 0 Å². The van der Waals surface area contributed by atoms with Crippen LogP contribution in [-0.4, -0.2) is 26.9 Å². The van der Waals surface area contributed by atoms with Crippen LogP contribution < -0.4 is 4.65 Å². The molecule has 0 unspecified atom stereocenters. The van der Waals surface area contributed by atoms with E-state index in [9.17, 15) is 4.39 Å². The molecule has 0 radical (unpaired) electrons. The molecule has 0 amide bonds. The summed E-state index contributed by atoms with van der Waals surface area (Å²) in [4.78, 5) is 4.27. The van der Waals surface area contributed by atoms with Crippen LogP contribution in [0.5, 0.6) is 5.75 Å². The number of fused-ring (bicyclic) bond motifs is 1. The Hall–Kier alpha value is -2.38. The van der Waals surface area contributed by atoms with E-state index < -0.39 is 14.0 Å². The molecular weight excluding hydrogens is 286 g/mol. The van der Waals surface area contributed by atoms with E-state index in [0.29, 0.717) is 23.4 Å². The zero-order valence-corrected chi connectivity index (χ0v) is 11.7. The normalized spacial score (nSPS) is 10.9. The zero-order chi connectivity index (χ0) is 15.5. The molecule has 0 fully saturated rings. The lowest BCUT2D eigenvalue weighted by Crippen LogP contribution is -2.20. The summed E-state index contributed by atoms with van der Waals surface area (Å²) in [7, 11) is -1.83. The summed E-state index contributed by atoms with van der Waals surface area (Å²) in [5.74, 6) is 0.369. The fraction of sp³-hybridized carbons (Fsp3) is 0.133. The maximum Gasteiger partial charge on any atom is 0.707 e. The van der Waals surface area contributed by atoms with Crippen molar-refractivity contribution in [1.82, 2.24) is 9.55 Å². The van der Waals surface area contributed by atoms with Crippen LogP contribution >= 0.6 is 0 Å². The minimum absolute atomic E-state index is 0.369. The lowest BCUT2D eigenvalue weighted by molar-refractivity contribution is 0.288. The molecule has 0 saturated carbocycles. The lowest BCUT2D eigenvalue weighted by atomic mass is 10.2. The second-order valence-corrected chi connectivity index (χ2v) is 4.88. The number of aromatic nitrogens is 2. The Kier molecular flexibility index (Phi) is 4.08. The molecule has 0 atom stereocenters. The summed E-state index contributed by atoms with van der Waals surface area (Å²) in [6.07, 6.45) is 1.69. The van der Waals surface area contributed by atoms with Gasteiger partial charge >= 0.3 is 7.32 Å². The highest BCUT2D eigenvalue weighted by Gasteiger charge is 2.11. The molecule has 5 nitrogen and oxygen atoms in total. The van der Waals surface area contributed by atoms with Gasteiger partial charge in [-0.1, -0.05) is 24.3 Å². The van der Waals surface area contributed by atoms with Crippen molar-refractivity contribution in [2.24, 2.45) is 0 Å². The highest BCUT2D eigenvalue weighted by atomic mass is 19.1. The van der Waals surface area contributed by atoms with Crippen LogP contribution in [0.25, 0.3) is 11.0 Å². The molecule has 3 aromatic rings. The highest BCUT2D eigenvalue weighted by Crippen LogP contribution is 2.20. The SMILES string of the molecule is OB(O)Oc1ccc(Cn2cnc3c(CF)cccc32)cc1. The summed E-state index contributed by atoms with van der Waals surface area (Å²) in [6.45, 7) is 0.0398. The molecule has 2 aromatic carbocycles. The van der Waals surface area contributed by atoms with Gasteiger partial charge in [-0.2, -0.15) is 0 Å². The first-order valence-electron chi connectivity index (χ1n) is 6.78. The van der Waals surface area contributed by atoms with Crippen molar-refractivity contribution in [3.05, 3.63) is 59.9 Å². The van der Waals surface area contributed by atoms with Crippen LogP contribution in [0.4, 0.5) is 4.39 Å². The van der Waals surface area contributed by atoms with Gasteiger partial charge in [-0.3, -0.25) is 0 Å². The fourth-order valence-electron chi connectivity index (χ4n) is 2.37. The molecule has 1 heterocycles. The van der Waals surface area contributed by atoms with Crippen LogP contribution in [-0.2, 0) is 13.2 Å². The van der Waals surface area contributed by atoms with E-state index in [0.717, 1.165) is 11.1 Å². The molecule has 112 valence electrons.